The number of carbonyl (C=O) groups excluding carboxylic acids is 1. The highest BCUT2D eigenvalue weighted by Gasteiger charge is 2.16. The number of hydrogen-bond acceptors (Lipinski definition) is 5. The van der Waals surface area contributed by atoms with E-state index >= 15 is 0 Å². The van der Waals surface area contributed by atoms with Crippen LogP contribution >= 0.6 is 15.9 Å². The average Bonchev–Trinajstić information content (AvgIpc) is 2.72. The minimum atomic E-state index is -0.651. The molecule has 0 bridgehead atoms. The number of halogens is 2. The molecular weight excluding hydrogens is 455 g/mol. The molecular formula is C23H14BrFO5. The third-order valence-corrected chi connectivity index (χ3v) is 4.98. The molecule has 0 radical (unpaired) electrons. The van der Waals surface area contributed by atoms with Gasteiger partial charge in [-0.15, -0.1) is 0 Å². The van der Waals surface area contributed by atoms with Gasteiger partial charge < -0.3 is 13.9 Å². The number of rotatable bonds is 4. The van der Waals surface area contributed by atoms with Crippen LogP contribution < -0.4 is 14.9 Å². The quantitative estimate of drug-likeness (QED) is 0.270. The highest BCUT2D eigenvalue weighted by molar-refractivity contribution is 9.10. The van der Waals surface area contributed by atoms with Gasteiger partial charge in [-0.1, -0.05) is 12.1 Å². The highest BCUT2D eigenvalue weighted by Crippen LogP contribution is 2.31. The fraction of sp³-hybridized carbons (Fsp3) is 0.0435. The lowest BCUT2D eigenvalue weighted by Gasteiger charge is -2.11. The summed E-state index contributed by atoms with van der Waals surface area (Å²) in [6.45, 7) is 1.62. The topological polar surface area (TPSA) is 65.7 Å². The zero-order chi connectivity index (χ0) is 21.3. The molecule has 0 aliphatic heterocycles. The van der Waals surface area contributed by atoms with Crippen LogP contribution in [0.25, 0.3) is 11.0 Å². The van der Waals surface area contributed by atoms with Crippen molar-refractivity contribution < 1.29 is 23.1 Å². The summed E-state index contributed by atoms with van der Waals surface area (Å²) >= 11 is 3.38. The second-order valence-corrected chi connectivity index (χ2v) is 7.26. The SMILES string of the molecule is Cc1oc2cc(OC(=O)c3ccc(F)cc3)ccc2c(=O)c1Oc1ccccc1Br. The number of esters is 1. The molecule has 4 aromatic rings. The van der Waals surface area contributed by atoms with Crippen LogP contribution in [0.5, 0.6) is 17.2 Å². The van der Waals surface area contributed by atoms with E-state index in [1.165, 1.54) is 42.5 Å². The van der Waals surface area contributed by atoms with E-state index < -0.39 is 11.8 Å². The molecule has 5 nitrogen and oxygen atoms in total. The van der Waals surface area contributed by atoms with Crippen LogP contribution in [-0.2, 0) is 0 Å². The van der Waals surface area contributed by atoms with Gasteiger partial charge in [0.15, 0.2) is 0 Å². The average molecular weight is 469 g/mol. The third kappa shape index (κ3) is 3.97. The smallest absolute Gasteiger partial charge is 0.343 e. The van der Waals surface area contributed by atoms with Crippen molar-refractivity contribution in [2.75, 3.05) is 0 Å². The van der Waals surface area contributed by atoms with Crippen molar-refractivity contribution in [3.05, 3.63) is 98.6 Å². The van der Waals surface area contributed by atoms with Gasteiger partial charge in [0.05, 0.1) is 15.4 Å². The first-order valence-electron chi connectivity index (χ1n) is 8.90. The Balaban J connectivity index is 1.65. The van der Waals surface area contributed by atoms with Crippen molar-refractivity contribution in [2.24, 2.45) is 0 Å². The molecule has 3 aromatic carbocycles. The van der Waals surface area contributed by atoms with Crippen molar-refractivity contribution in [3.63, 3.8) is 0 Å². The number of ether oxygens (including phenoxy) is 2. The Hall–Kier alpha value is -3.45. The number of aryl methyl sites for hydroxylation is 1. The lowest BCUT2D eigenvalue weighted by Crippen LogP contribution is -2.10. The van der Waals surface area contributed by atoms with E-state index in [-0.39, 0.29) is 39.2 Å². The molecule has 0 aliphatic carbocycles. The molecule has 0 fully saturated rings. The van der Waals surface area contributed by atoms with Crippen LogP contribution in [-0.4, -0.2) is 5.97 Å². The summed E-state index contributed by atoms with van der Waals surface area (Å²) in [6.07, 6.45) is 0. The third-order valence-electron chi connectivity index (χ3n) is 4.33. The standard InChI is InChI=1S/C23H14BrFO5/c1-13-22(30-19-5-3-2-4-18(19)24)21(26)17-11-10-16(12-20(17)28-13)29-23(27)14-6-8-15(25)9-7-14/h2-12H,1H3. The van der Waals surface area contributed by atoms with Crippen LogP contribution in [0, 0.1) is 12.7 Å². The van der Waals surface area contributed by atoms with Crippen LogP contribution in [0.2, 0.25) is 0 Å². The predicted molar refractivity (Wildman–Crippen MR) is 113 cm³/mol. The first-order chi connectivity index (χ1) is 14.4. The van der Waals surface area contributed by atoms with Crippen LogP contribution in [0.4, 0.5) is 4.39 Å². The van der Waals surface area contributed by atoms with E-state index in [0.717, 1.165) is 0 Å². The molecule has 0 amide bonds. The summed E-state index contributed by atoms with van der Waals surface area (Å²) in [5.41, 5.74) is 0.105. The summed E-state index contributed by atoms with van der Waals surface area (Å²) in [6, 6.07) is 16.6. The zero-order valence-corrected chi connectivity index (χ0v) is 17.2. The number of benzene rings is 3. The molecule has 1 aromatic heterocycles. The zero-order valence-electron chi connectivity index (χ0n) is 15.6. The van der Waals surface area contributed by atoms with Crippen LogP contribution in [0.1, 0.15) is 16.1 Å². The van der Waals surface area contributed by atoms with Gasteiger partial charge in [-0.05, 0) is 71.4 Å². The number of hydrogen-bond donors (Lipinski definition) is 0. The number of para-hydroxylation sites is 1. The van der Waals surface area contributed by atoms with Crippen LogP contribution in [0.3, 0.4) is 0 Å². The van der Waals surface area contributed by atoms with E-state index in [2.05, 4.69) is 15.9 Å². The van der Waals surface area contributed by atoms with Gasteiger partial charge in [0, 0.05) is 6.07 Å². The Morgan fingerprint density at radius 2 is 1.77 bits per heavy atom. The molecule has 4 rings (SSSR count). The molecule has 0 saturated carbocycles. The second-order valence-electron chi connectivity index (χ2n) is 6.40. The maximum Gasteiger partial charge on any atom is 0.343 e. The van der Waals surface area contributed by atoms with Gasteiger partial charge in [0.25, 0.3) is 0 Å². The number of fused-ring (bicyclic) bond motifs is 1. The summed E-state index contributed by atoms with van der Waals surface area (Å²) in [5.74, 6) is -0.0657. The summed E-state index contributed by atoms with van der Waals surface area (Å²) in [7, 11) is 0. The van der Waals surface area contributed by atoms with Gasteiger partial charge >= 0.3 is 5.97 Å². The number of carbonyl (C=O) groups is 1. The van der Waals surface area contributed by atoms with Crippen molar-refractivity contribution >= 4 is 32.9 Å². The van der Waals surface area contributed by atoms with Crippen molar-refractivity contribution in [2.45, 2.75) is 6.92 Å². The molecule has 150 valence electrons. The van der Waals surface area contributed by atoms with E-state index in [9.17, 15) is 14.0 Å². The monoisotopic (exact) mass is 468 g/mol. The van der Waals surface area contributed by atoms with Crippen molar-refractivity contribution in [3.8, 4) is 17.2 Å². The largest absolute Gasteiger partial charge is 0.457 e. The van der Waals surface area contributed by atoms with Gasteiger partial charge in [0.1, 0.15) is 28.7 Å². The first-order valence-corrected chi connectivity index (χ1v) is 9.69. The van der Waals surface area contributed by atoms with E-state index in [0.29, 0.717) is 10.2 Å². The van der Waals surface area contributed by atoms with Gasteiger partial charge in [-0.3, -0.25) is 4.79 Å². The molecule has 0 unspecified atom stereocenters. The molecule has 0 aliphatic rings. The summed E-state index contributed by atoms with van der Waals surface area (Å²) in [5, 5.41) is 0.282. The minimum Gasteiger partial charge on any atom is -0.457 e. The Bertz CT molecular complexity index is 1310. The Morgan fingerprint density at radius 3 is 2.50 bits per heavy atom. The van der Waals surface area contributed by atoms with E-state index in [4.69, 9.17) is 13.9 Å². The maximum absolute atomic E-state index is 13.0. The Morgan fingerprint density at radius 1 is 1.03 bits per heavy atom. The molecule has 0 spiro atoms. The van der Waals surface area contributed by atoms with Gasteiger partial charge in [0.2, 0.25) is 11.2 Å². The molecule has 0 N–H and O–H groups in total. The highest BCUT2D eigenvalue weighted by atomic mass is 79.9. The van der Waals surface area contributed by atoms with Crippen LogP contribution in [0.15, 0.2) is 80.4 Å². The van der Waals surface area contributed by atoms with Gasteiger partial charge in [-0.2, -0.15) is 0 Å². The minimum absolute atomic E-state index is 0.0745. The van der Waals surface area contributed by atoms with Gasteiger partial charge in [-0.25, -0.2) is 9.18 Å². The molecule has 1 heterocycles. The Kier molecular flexibility index (Phi) is 5.37. The molecule has 0 atom stereocenters. The normalized spacial score (nSPS) is 10.8. The molecule has 0 saturated heterocycles. The lowest BCUT2D eigenvalue weighted by molar-refractivity contribution is 0.0735. The second kappa shape index (κ2) is 8.12. The first kappa shape index (κ1) is 19.8. The summed E-state index contributed by atoms with van der Waals surface area (Å²) < 4.78 is 30.5. The maximum atomic E-state index is 13.0. The lowest BCUT2D eigenvalue weighted by atomic mass is 10.2. The fourth-order valence-corrected chi connectivity index (χ4v) is 3.20. The van der Waals surface area contributed by atoms with E-state index in [1.54, 1.807) is 25.1 Å². The predicted octanol–water partition coefficient (Wildman–Crippen LogP) is 6.01. The van der Waals surface area contributed by atoms with Crippen molar-refractivity contribution in [1.29, 1.82) is 0 Å². The molecule has 7 heteroatoms. The fourth-order valence-electron chi connectivity index (χ4n) is 2.84. The molecule has 30 heavy (non-hydrogen) atoms. The summed E-state index contributed by atoms with van der Waals surface area (Å²) in [4.78, 5) is 25.1. The van der Waals surface area contributed by atoms with E-state index in [1.807, 2.05) is 6.07 Å². The van der Waals surface area contributed by atoms with Crippen molar-refractivity contribution in [1.82, 2.24) is 0 Å². The Labute approximate surface area is 178 Å².